The molecule has 0 aromatic heterocycles. The minimum absolute atomic E-state index is 0.247. The van der Waals surface area contributed by atoms with Crippen molar-refractivity contribution >= 4 is 5.91 Å². The summed E-state index contributed by atoms with van der Waals surface area (Å²) in [4.78, 5) is 13.2. The van der Waals surface area contributed by atoms with Crippen molar-refractivity contribution in [2.75, 3.05) is 13.6 Å². The molecule has 1 aromatic rings. The number of rotatable bonds is 4. The molecular weight excluding hydrogens is 202 g/mol. The van der Waals surface area contributed by atoms with E-state index in [9.17, 15) is 9.90 Å². The molecule has 0 aliphatic carbocycles. The van der Waals surface area contributed by atoms with Crippen LogP contribution in [0.2, 0.25) is 0 Å². The Morgan fingerprint density at radius 1 is 1.31 bits per heavy atom. The molecule has 0 heterocycles. The summed E-state index contributed by atoms with van der Waals surface area (Å²) in [6.07, 6.45) is 0.805. The van der Waals surface area contributed by atoms with Gasteiger partial charge in [-0.15, -0.1) is 0 Å². The fraction of sp³-hybridized carbons (Fsp3) is 0.462. The Labute approximate surface area is 96.7 Å². The molecule has 3 nitrogen and oxygen atoms in total. The summed E-state index contributed by atoms with van der Waals surface area (Å²) in [6.45, 7) is 3.63. The van der Waals surface area contributed by atoms with Gasteiger partial charge in [0, 0.05) is 13.6 Å². The van der Waals surface area contributed by atoms with E-state index >= 15 is 0 Å². The number of carbonyl (C=O) groups is 1. The van der Waals surface area contributed by atoms with Crippen LogP contribution in [0.3, 0.4) is 0 Å². The second-order valence-electron chi connectivity index (χ2n) is 4.52. The van der Waals surface area contributed by atoms with Crippen molar-refractivity contribution < 1.29 is 9.90 Å². The Kier molecular flexibility index (Phi) is 4.07. The van der Waals surface area contributed by atoms with Crippen molar-refractivity contribution in [3.63, 3.8) is 0 Å². The number of amides is 1. The van der Waals surface area contributed by atoms with Crippen LogP contribution in [0.5, 0.6) is 0 Å². The zero-order chi connectivity index (χ0) is 12.2. The van der Waals surface area contributed by atoms with E-state index in [-0.39, 0.29) is 5.91 Å². The molecule has 1 amide bonds. The van der Waals surface area contributed by atoms with E-state index in [1.807, 2.05) is 30.3 Å². The second-order valence-corrected chi connectivity index (χ2v) is 4.52. The predicted octanol–water partition coefficient (Wildman–Crippen LogP) is 1.46. The maximum atomic E-state index is 11.7. The van der Waals surface area contributed by atoms with Crippen LogP contribution in [0.4, 0.5) is 0 Å². The molecule has 0 saturated heterocycles. The maximum absolute atomic E-state index is 11.7. The zero-order valence-electron chi connectivity index (χ0n) is 10.1. The van der Waals surface area contributed by atoms with Gasteiger partial charge < -0.3 is 10.0 Å². The Balaban J connectivity index is 2.48. The third-order valence-corrected chi connectivity index (χ3v) is 2.45. The number of likely N-dealkylation sites (N-methyl/N-ethyl adjacent to an activating group) is 1. The lowest BCUT2D eigenvalue weighted by molar-refractivity contribution is -0.146. The first-order valence-corrected chi connectivity index (χ1v) is 5.43. The van der Waals surface area contributed by atoms with Crippen molar-refractivity contribution in [3.8, 4) is 0 Å². The number of aliphatic hydroxyl groups is 1. The Morgan fingerprint density at radius 2 is 1.88 bits per heavy atom. The summed E-state index contributed by atoms with van der Waals surface area (Å²) >= 11 is 0. The molecule has 0 saturated carbocycles. The highest BCUT2D eigenvalue weighted by atomic mass is 16.3. The van der Waals surface area contributed by atoms with Crippen LogP contribution < -0.4 is 0 Å². The van der Waals surface area contributed by atoms with Gasteiger partial charge in [0.25, 0.3) is 5.91 Å². The van der Waals surface area contributed by atoms with Gasteiger partial charge in [0.15, 0.2) is 0 Å². The third kappa shape index (κ3) is 3.66. The number of carbonyl (C=O) groups excluding carboxylic acids is 1. The van der Waals surface area contributed by atoms with Crippen molar-refractivity contribution in [1.29, 1.82) is 0 Å². The summed E-state index contributed by atoms with van der Waals surface area (Å²) in [7, 11) is 1.71. The average molecular weight is 221 g/mol. The van der Waals surface area contributed by atoms with E-state index in [0.717, 1.165) is 6.42 Å². The standard InChI is InChI=1S/C13H19NO2/c1-13(2,16)12(15)14(3)10-9-11-7-5-4-6-8-11/h4-8,16H,9-10H2,1-3H3. The van der Waals surface area contributed by atoms with Crippen LogP contribution in [0.1, 0.15) is 19.4 Å². The molecule has 0 bridgehead atoms. The Morgan fingerprint density at radius 3 is 2.38 bits per heavy atom. The molecule has 0 spiro atoms. The van der Waals surface area contributed by atoms with Crippen LogP contribution in [-0.4, -0.2) is 35.1 Å². The normalized spacial score (nSPS) is 11.2. The minimum Gasteiger partial charge on any atom is -0.381 e. The first kappa shape index (κ1) is 12.7. The van der Waals surface area contributed by atoms with Gasteiger partial charge in [-0.25, -0.2) is 0 Å². The summed E-state index contributed by atoms with van der Waals surface area (Å²) in [5.41, 5.74) is -0.0938. The van der Waals surface area contributed by atoms with Crippen LogP contribution >= 0.6 is 0 Å². The molecule has 1 aromatic carbocycles. The summed E-state index contributed by atoms with van der Waals surface area (Å²) < 4.78 is 0. The molecule has 88 valence electrons. The number of hydrogen-bond donors (Lipinski definition) is 1. The van der Waals surface area contributed by atoms with Gasteiger partial charge in [0.05, 0.1) is 0 Å². The smallest absolute Gasteiger partial charge is 0.253 e. The minimum atomic E-state index is -1.29. The average Bonchev–Trinajstić information content (AvgIpc) is 2.25. The molecule has 16 heavy (non-hydrogen) atoms. The molecule has 3 heteroatoms. The van der Waals surface area contributed by atoms with Crippen molar-refractivity contribution in [3.05, 3.63) is 35.9 Å². The molecule has 0 fully saturated rings. The van der Waals surface area contributed by atoms with Gasteiger partial charge >= 0.3 is 0 Å². The zero-order valence-corrected chi connectivity index (χ0v) is 10.1. The molecule has 0 unspecified atom stereocenters. The molecule has 0 aliphatic rings. The highest BCUT2D eigenvalue weighted by Gasteiger charge is 2.26. The second kappa shape index (κ2) is 5.12. The van der Waals surface area contributed by atoms with E-state index < -0.39 is 5.60 Å². The van der Waals surface area contributed by atoms with Crippen molar-refractivity contribution in [2.24, 2.45) is 0 Å². The summed E-state index contributed by atoms with van der Waals surface area (Å²) in [6, 6.07) is 9.99. The van der Waals surface area contributed by atoms with Gasteiger partial charge in [-0.2, -0.15) is 0 Å². The lowest BCUT2D eigenvalue weighted by Crippen LogP contribution is -2.43. The molecule has 1 N–H and O–H groups in total. The fourth-order valence-corrected chi connectivity index (χ4v) is 1.51. The molecule has 1 rings (SSSR count). The van der Waals surface area contributed by atoms with E-state index in [0.29, 0.717) is 6.54 Å². The van der Waals surface area contributed by atoms with Crippen LogP contribution in [0.15, 0.2) is 30.3 Å². The van der Waals surface area contributed by atoms with Gasteiger partial charge in [0.2, 0.25) is 0 Å². The third-order valence-electron chi connectivity index (χ3n) is 2.45. The number of hydrogen-bond acceptors (Lipinski definition) is 2. The molecule has 0 atom stereocenters. The van der Waals surface area contributed by atoms with Crippen LogP contribution in [0, 0.1) is 0 Å². The van der Waals surface area contributed by atoms with Gasteiger partial charge in [-0.1, -0.05) is 30.3 Å². The van der Waals surface area contributed by atoms with E-state index in [1.165, 1.54) is 19.4 Å². The van der Waals surface area contributed by atoms with E-state index in [2.05, 4.69) is 0 Å². The Hall–Kier alpha value is -1.35. The largest absolute Gasteiger partial charge is 0.381 e. The lowest BCUT2D eigenvalue weighted by atomic mass is 10.1. The van der Waals surface area contributed by atoms with E-state index in [4.69, 9.17) is 0 Å². The van der Waals surface area contributed by atoms with Crippen LogP contribution in [0.25, 0.3) is 0 Å². The van der Waals surface area contributed by atoms with Gasteiger partial charge in [-0.3, -0.25) is 4.79 Å². The first-order chi connectivity index (χ1) is 7.41. The summed E-state index contributed by atoms with van der Waals surface area (Å²) in [5.74, 6) is -0.247. The molecule has 0 aliphatic heterocycles. The van der Waals surface area contributed by atoms with Crippen LogP contribution in [-0.2, 0) is 11.2 Å². The predicted molar refractivity (Wildman–Crippen MR) is 64.1 cm³/mol. The molecule has 0 radical (unpaired) electrons. The van der Waals surface area contributed by atoms with Gasteiger partial charge in [0.1, 0.15) is 5.60 Å². The Bertz CT molecular complexity index is 341. The first-order valence-electron chi connectivity index (χ1n) is 5.43. The van der Waals surface area contributed by atoms with E-state index in [1.54, 1.807) is 11.9 Å². The van der Waals surface area contributed by atoms with Crippen molar-refractivity contribution in [1.82, 2.24) is 4.90 Å². The summed E-state index contributed by atoms with van der Waals surface area (Å²) in [5, 5.41) is 9.56. The molecular formula is C13H19NO2. The van der Waals surface area contributed by atoms with Crippen molar-refractivity contribution in [2.45, 2.75) is 25.9 Å². The van der Waals surface area contributed by atoms with Gasteiger partial charge in [-0.05, 0) is 25.8 Å². The SMILES string of the molecule is CN(CCc1ccccc1)C(=O)C(C)(C)O. The topological polar surface area (TPSA) is 40.5 Å². The highest BCUT2D eigenvalue weighted by molar-refractivity contribution is 5.83. The maximum Gasteiger partial charge on any atom is 0.253 e. The number of benzene rings is 1. The highest BCUT2D eigenvalue weighted by Crippen LogP contribution is 2.07. The number of nitrogens with zero attached hydrogens (tertiary/aromatic N) is 1. The lowest BCUT2D eigenvalue weighted by Gasteiger charge is -2.24. The quantitative estimate of drug-likeness (QED) is 0.836. The fourth-order valence-electron chi connectivity index (χ4n) is 1.51. The monoisotopic (exact) mass is 221 g/mol.